The van der Waals surface area contributed by atoms with E-state index in [0.29, 0.717) is 6.42 Å². The van der Waals surface area contributed by atoms with Crippen molar-refractivity contribution >= 4 is 17.9 Å². The molecule has 0 saturated heterocycles. The number of ether oxygens (including phenoxy) is 1. The third-order valence-corrected chi connectivity index (χ3v) is 12.6. The van der Waals surface area contributed by atoms with Crippen LogP contribution < -0.4 is 10.2 Å². The summed E-state index contributed by atoms with van der Waals surface area (Å²) in [6.45, 7) is 6.33. The second kappa shape index (κ2) is 66.0. The monoisotopic (exact) mass is 989 g/mol. The molecule has 2 N–H and O–H groups in total. The van der Waals surface area contributed by atoms with E-state index in [9.17, 15) is 24.6 Å². The number of carboxylic acid groups (broad SMARTS) is 2. The summed E-state index contributed by atoms with van der Waals surface area (Å²) in [5.74, 6) is -2.08. The van der Waals surface area contributed by atoms with Gasteiger partial charge in [-0.2, -0.15) is 0 Å². The third-order valence-electron chi connectivity index (χ3n) is 12.6. The summed E-state index contributed by atoms with van der Waals surface area (Å²) in [6.07, 6.45) is 58.7. The van der Waals surface area contributed by atoms with Crippen LogP contribution in [0.4, 0.5) is 0 Å². The summed E-state index contributed by atoms with van der Waals surface area (Å²) in [5, 5.41) is 38.2. The topological polar surface area (TPSA) is 147 Å². The Balaban J connectivity index is -0.000000438. The molecule has 0 fully saturated rings. The van der Waals surface area contributed by atoms with E-state index in [1.54, 1.807) is 0 Å². The quantitative estimate of drug-likeness (QED) is 0.0348. The van der Waals surface area contributed by atoms with Crippen molar-refractivity contribution < 1.29 is 59.0 Å². The molecule has 0 aromatic carbocycles. The number of rotatable bonds is 51. The Morgan fingerprint density at radius 1 is 0.348 bits per heavy atom. The van der Waals surface area contributed by atoms with Gasteiger partial charge in [-0.15, -0.1) is 0 Å². The number of carboxylic acids is 2. The first-order valence-corrected chi connectivity index (χ1v) is 28.6. The Morgan fingerprint density at radius 3 is 0.712 bits per heavy atom. The minimum absolute atomic E-state index is 0. The van der Waals surface area contributed by atoms with E-state index in [1.807, 2.05) is 0 Å². The van der Waals surface area contributed by atoms with Crippen molar-refractivity contribution in [3.63, 3.8) is 0 Å². The molecular weight excluding hydrogens is 878 g/mol. The van der Waals surface area contributed by atoms with Gasteiger partial charge in [-0.3, -0.25) is 4.79 Å². The van der Waals surface area contributed by atoms with Crippen LogP contribution in [-0.4, -0.2) is 47.4 Å². The van der Waals surface area contributed by atoms with E-state index in [1.165, 1.54) is 250 Å². The molecule has 8 nitrogen and oxygen atoms in total. The van der Waals surface area contributed by atoms with Crippen LogP contribution in [0, 0.1) is 0 Å². The summed E-state index contributed by atoms with van der Waals surface area (Å²) >= 11 is 0. The molecule has 1 atom stereocenters. The molecule has 0 heterocycles. The molecule has 0 aliphatic heterocycles. The van der Waals surface area contributed by atoms with Gasteiger partial charge in [0.25, 0.3) is 0 Å². The largest absolute Gasteiger partial charge is 2.00 e. The molecule has 0 aliphatic carbocycles. The minimum atomic E-state index is -0.954. The van der Waals surface area contributed by atoms with Crippen molar-refractivity contribution in [1.82, 2.24) is 0 Å². The van der Waals surface area contributed by atoms with Crippen LogP contribution in [0.1, 0.15) is 329 Å². The molecular formula is C57H112O8Zn. The van der Waals surface area contributed by atoms with E-state index in [0.717, 1.165) is 38.5 Å². The van der Waals surface area contributed by atoms with Crippen LogP contribution in [0.15, 0.2) is 0 Å². The van der Waals surface area contributed by atoms with E-state index >= 15 is 0 Å². The Morgan fingerprint density at radius 2 is 0.530 bits per heavy atom. The Labute approximate surface area is 423 Å². The average Bonchev–Trinajstić information content (AvgIpc) is 3.29. The Hall–Kier alpha value is -1.05. The number of unbranched alkanes of at least 4 members (excludes halogenated alkanes) is 42. The van der Waals surface area contributed by atoms with Gasteiger partial charge in [-0.25, -0.2) is 0 Å². The first kappa shape index (κ1) is 71.5. The van der Waals surface area contributed by atoms with Gasteiger partial charge in [0.1, 0.15) is 12.7 Å². The van der Waals surface area contributed by atoms with Crippen LogP contribution in [0.2, 0.25) is 0 Å². The van der Waals surface area contributed by atoms with Crippen molar-refractivity contribution in [2.45, 2.75) is 335 Å². The zero-order valence-electron chi connectivity index (χ0n) is 44.5. The zero-order valence-corrected chi connectivity index (χ0v) is 47.5. The first-order chi connectivity index (χ1) is 31.7. The number of esters is 1. The molecule has 0 aliphatic rings. The van der Waals surface area contributed by atoms with Gasteiger partial charge in [-0.1, -0.05) is 290 Å². The van der Waals surface area contributed by atoms with Crippen molar-refractivity contribution in [1.29, 1.82) is 0 Å². The Kier molecular flexibility index (Phi) is 71.5. The fraction of sp³-hybridized carbons (Fsp3) is 0.947. The molecule has 1 unspecified atom stereocenters. The normalized spacial score (nSPS) is 11.2. The second-order valence-corrected chi connectivity index (χ2v) is 19.4. The maximum absolute atomic E-state index is 11.4. The van der Waals surface area contributed by atoms with Gasteiger partial charge >= 0.3 is 25.4 Å². The Bertz CT molecular complexity index is 875. The number of hydrogen-bond acceptors (Lipinski definition) is 8. The number of aliphatic carboxylic acids is 2. The maximum atomic E-state index is 11.4. The summed E-state index contributed by atoms with van der Waals surface area (Å²) in [4.78, 5) is 31.8. The number of hydrogen-bond donors (Lipinski definition) is 2. The zero-order chi connectivity index (χ0) is 48.4. The van der Waals surface area contributed by atoms with Gasteiger partial charge in [0, 0.05) is 18.4 Å². The molecule has 66 heavy (non-hydrogen) atoms. The number of carbonyl (C=O) groups excluding carboxylic acids is 3. The van der Waals surface area contributed by atoms with Crippen LogP contribution in [-0.2, 0) is 38.6 Å². The van der Waals surface area contributed by atoms with Crippen LogP contribution in [0.3, 0.4) is 0 Å². The van der Waals surface area contributed by atoms with Crippen LogP contribution in [0.25, 0.3) is 0 Å². The second-order valence-electron chi connectivity index (χ2n) is 19.4. The van der Waals surface area contributed by atoms with Gasteiger partial charge in [-0.05, 0) is 32.1 Å². The molecule has 9 heteroatoms. The molecule has 390 valence electrons. The molecule has 0 radical (unpaired) electrons. The SMILES string of the molecule is CCCCCCCCCCCCCCCCCC(=O)OCC(O)CO.CCCCCCCCCCCCCCCCCC(=O)[O-].CCCCCCCCCCCCCCCCCC(=O)[O-].[Zn+2]. The third kappa shape index (κ3) is 74.5. The molecule has 0 amide bonds. The fourth-order valence-electron chi connectivity index (χ4n) is 8.24. The van der Waals surface area contributed by atoms with Gasteiger partial charge < -0.3 is 34.8 Å². The molecule has 0 saturated carbocycles. The van der Waals surface area contributed by atoms with E-state index in [2.05, 4.69) is 20.8 Å². The number of aliphatic hydroxyl groups excluding tert-OH is 2. The van der Waals surface area contributed by atoms with Crippen molar-refractivity contribution in [3.8, 4) is 0 Å². The van der Waals surface area contributed by atoms with Gasteiger partial charge in [0.2, 0.25) is 0 Å². The predicted octanol–water partition coefficient (Wildman–Crippen LogP) is 15.1. The van der Waals surface area contributed by atoms with Gasteiger partial charge in [0.05, 0.1) is 6.61 Å². The first-order valence-electron chi connectivity index (χ1n) is 28.6. The van der Waals surface area contributed by atoms with E-state index < -0.39 is 18.0 Å². The van der Waals surface area contributed by atoms with Crippen LogP contribution in [0.5, 0.6) is 0 Å². The smallest absolute Gasteiger partial charge is 0.550 e. The standard InChI is InChI=1S/C21H42O4.2C18H36O2.Zn/c1-2-3-4-5-6-7-8-9-10-11-12-13-14-15-16-17-21(24)25-19-20(23)18-22;2*1-2-3-4-5-6-7-8-9-10-11-12-13-14-15-16-17-18(19)20;/h20,22-23H,2-19H2,1H3;2*2-17H2,1H3,(H,19,20);/q;;;+2/p-2. The van der Waals surface area contributed by atoms with Crippen molar-refractivity contribution in [2.75, 3.05) is 13.2 Å². The number of carbonyl (C=O) groups is 3. The molecule has 0 rings (SSSR count). The average molecular weight is 991 g/mol. The van der Waals surface area contributed by atoms with Crippen molar-refractivity contribution in [3.05, 3.63) is 0 Å². The molecule has 0 aromatic heterocycles. The molecule has 0 aromatic rings. The maximum Gasteiger partial charge on any atom is 2.00 e. The summed E-state index contributed by atoms with van der Waals surface area (Å²) in [7, 11) is 0. The fourth-order valence-corrected chi connectivity index (χ4v) is 8.24. The minimum Gasteiger partial charge on any atom is -0.550 e. The molecule has 0 spiro atoms. The van der Waals surface area contributed by atoms with E-state index in [4.69, 9.17) is 14.9 Å². The van der Waals surface area contributed by atoms with Crippen molar-refractivity contribution in [2.24, 2.45) is 0 Å². The summed E-state index contributed by atoms with van der Waals surface area (Å²) in [6, 6.07) is 0. The van der Waals surface area contributed by atoms with E-state index in [-0.39, 0.29) is 51.5 Å². The summed E-state index contributed by atoms with van der Waals surface area (Å²) in [5.41, 5.74) is 0. The molecule has 0 bridgehead atoms. The predicted molar refractivity (Wildman–Crippen MR) is 273 cm³/mol. The van der Waals surface area contributed by atoms with Gasteiger partial charge in [0.15, 0.2) is 0 Å². The number of aliphatic hydroxyl groups is 2. The summed E-state index contributed by atoms with van der Waals surface area (Å²) < 4.78 is 4.86. The van der Waals surface area contributed by atoms with Crippen LogP contribution >= 0.6 is 0 Å².